The molecule has 4 rings (SSSR count). The molecular weight excluding hydrogens is 370 g/mol. The van der Waals surface area contributed by atoms with Crippen molar-refractivity contribution in [2.75, 3.05) is 0 Å². The topological polar surface area (TPSA) is 86.5 Å². The predicted octanol–water partition coefficient (Wildman–Crippen LogP) is 3.96. The Morgan fingerprint density at radius 3 is 2.55 bits per heavy atom. The third-order valence-corrected chi connectivity index (χ3v) is 6.11. The third kappa shape index (κ3) is 4.78. The number of carbonyl (C=O) groups is 1. The second-order valence-electron chi connectivity index (χ2n) is 8.19. The van der Waals surface area contributed by atoms with E-state index < -0.39 is 5.97 Å². The molecule has 2 atom stereocenters. The van der Waals surface area contributed by atoms with E-state index in [9.17, 15) is 9.90 Å². The van der Waals surface area contributed by atoms with Crippen molar-refractivity contribution in [3.8, 4) is 17.0 Å². The maximum atomic E-state index is 11.2. The number of nitrogens with zero attached hydrogens (tertiary/aromatic N) is 3. The van der Waals surface area contributed by atoms with Crippen LogP contribution in [-0.4, -0.2) is 38.3 Å². The number of ether oxygens (including phenoxy) is 2. The summed E-state index contributed by atoms with van der Waals surface area (Å²) in [5, 5.41) is 17.8. The smallest absolute Gasteiger partial charge is 0.306 e. The highest BCUT2D eigenvalue weighted by molar-refractivity contribution is 5.70. The van der Waals surface area contributed by atoms with Gasteiger partial charge >= 0.3 is 5.97 Å². The standard InChI is InChI=1S/C22H29N3O4/c1-25-20(14-28-17-6-2-3-7-17)21(23-24-25)15-9-11-18(12-10-15)29-19-8-4-5-16(13-19)22(26)27/h9-12,16-17,19H,2-8,13-14H2,1H3,(H,26,27)/t16-,19-/m0/s1. The average molecular weight is 399 g/mol. The van der Waals surface area contributed by atoms with Gasteiger partial charge in [-0.15, -0.1) is 5.10 Å². The van der Waals surface area contributed by atoms with Gasteiger partial charge in [-0.05, 0) is 62.8 Å². The molecule has 0 bridgehead atoms. The fraction of sp³-hybridized carbons (Fsp3) is 0.591. The number of carboxylic acid groups (broad SMARTS) is 1. The Bertz CT molecular complexity index is 827. The zero-order valence-corrected chi connectivity index (χ0v) is 16.9. The summed E-state index contributed by atoms with van der Waals surface area (Å²) in [5.74, 6) is -0.254. The molecule has 0 saturated heterocycles. The van der Waals surface area contributed by atoms with Crippen molar-refractivity contribution in [3.05, 3.63) is 30.0 Å². The first-order valence-electron chi connectivity index (χ1n) is 10.6. The van der Waals surface area contributed by atoms with Crippen molar-refractivity contribution in [2.45, 2.75) is 70.2 Å². The van der Waals surface area contributed by atoms with Crippen LogP contribution in [0.3, 0.4) is 0 Å². The van der Waals surface area contributed by atoms with Crippen LogP contribution in [-0.2, 0) is 23.2 Å². The van der Waals surface area contributed by atoms with Gasteiger partial charge < -0.3 is 14.6 Å². The lowest BCUT2D eigenvalue weighted by Crippen LogP contribution is -2.29. The maximum Gasteiger partial charge on any atom is 0.306 e. The van der Waals surface area contributed by atoms with E-state index in [0.717, 1.165) is 54.8 Å². The molecule has 1 heterocycles. The van der Waals surface area contributed by atoms with Crippen LogP contribution in [0.1, 0.15) is 57.1 Å². The Morgan fingerprint density at radius 1 is 1.10 bits per heavy atom. The zero-order chi connectivity index (χ0) is 20.2. The molecular formula is C22H29N3O4. The SMILES string of the molecule is Cn1nnc(-c2ccc(O[C@H]3CCC[C@H](C(=O)O)C3)cc2)c1COC1CCCC1. The van der Waals surface area contributed by atoms with Crippen molar-refractivity contribution in [3.63, 3.8) is 0 Å². The van der Waals surface area contributed by atoms with Crippen molar-refractivity contribution in [1.82, 2.24) is 15.0 Å². The number of benzene rings is 1. The van der Waals surface area contributed by atoms with E-state index in [1.54, 1.807) is 4.68 Å². The minimum Gasteiger partial charge on any atom is -0.490 e. The molecule has 7 heteroatoms. The Kier molecular flexibility index (Phi) is 6.13. The minimum atomic E-state index is -0.719. The molecule has 1 aromatic heterocycles. The second kappa shape index (κ2) is 8.95. The Labute approximate surface area is 171 Å². The number of rotatable bonds is 7. The molecule has 2 fully saturated rings. The number of hydrogen-bond acceptors (Lipinski definition) is 5. The molecule has 1 aromatic carbocycles. The summed E-state index contributed by atoms with van der Waals surface area (Å²) >= 11 is 0. The summed E-state index contributed by atoms with van der Waals surface area (Å²) in [4.78, 5) is 11.2. The summed E-state index contributed by atoms with van der Waals surface area (Å²) in [6, 6.07) is 7.82. The van der Waals surface area contributed by atoms with E-state index in [1.165, 1.54) is 12.8 Å². The van der Waals surface area contributed by atoms with Crippen molar-refractivity contribution in [2.24, 2.45) is 13.0 Å². The fourth-order valence-corrected chi connectivity index (χ4v) is 4.37. The first-order valence-corrected chi connectivity index (χ1v) is 10.6. The van der Waals surface area contributed by atoms with Crippen molar-refractivity contribution >= 4 is 5.97 Å². The largest absolute Gasteiger partial charge is 0.490 e. The highest BCUT2D eigenvalue weighted by Crippen LogP contribution is 2.30. The van der Waals surface area contributed by atoms with Crippen LogP contribution in [0.25, 0.3) is 11.3 Å². The molecule has 1 N–H and O–H groups in total. The summed E-state index contributed by atoms with van der Waals surface area (Å²) in [7, 11) is 1.89. The number of aromatic nitrogens is 3. The summed E-state index contributed by atoms with van der Waals surface area (Å²) in [5.41, 5.74) is 2.78. The number of aryl methyl sites for hydroxylation is 1. The first-order chi connectivity index (χ1) is 14.1. The molecule has 0 aliphatic heterocycles. The van der Waals surface area contributed by atoms with Crippen molar-refractivity contribution < 1.29 is 19.4 Å². The number of aliphatic carboxylic acids is 1. The molecule has 2 aliphatic rings. The van der Waals surface area contributed by atoms with Crippen LogP contribution in [0, 0.1) is 5.92 Å². The third-order valence-electron chi connectivity index (χ3n) is 6.11. The summed E-state index contributed by atoms with van der Waals surface area (Å²) in [6.07, 6.45) is 8.18. The Hall–Kier alpha value is -2.41. The zero-order valence-electron chi connectivity index (χ0n) is 16.9. The average Bonchev–Trinajstić information content (AvgIpc) is 3.37. The van der Waals surface area contributed by atoms with Gasteiger partial charge in [0.1, 0.15) is 11.4 Å². The minimum absolute atomic E-state index is 0.0393. The van der Waals surface area contributed by atoms with Gasteiger partial charge in [-0.2, -0.15) is 0 Å². The molecule has 0 amide bonds. The van der Waals surface area contributed by atoms with E-state index >= 15 is 0 Å². The molecule has 2 aromatic rings. The Morgan fingerprint density at radius 2 is 1.83 bits per heavy atom. The van der Waals surface area contributed by atoms with Gasteiger partial charge in [0.05, 0.1) is 30.4 Å². The van der Waals surface area contributed by atoms with Crippen LogP contribution in [0.4, 0.5) is 0 Å². The molecule has 0 radical (unpaired) electrons. The van der Waals surface area contributed by atoms with Crippen LogP contribution >= 0.6 is 0 Å². The van der Waals surface area contributed by atoms with E-state index in [-0.39, 0.29) is 12.0 Å². The second-order valence-corrected chi connectivity index (χ2v) is 8.19. The first kappa shape index (κ1) is 19.9. The van der Waals surface area contributed by atoms with Crippen molar-refractivity contribution in [1.29, 1.82) is 0 Å². The molecule has 0 unspecified atom stereocenters. The number of hydrogen-bond donors (Lipinski definition) is 1. The van der Waals surface area contributed by atoms with Gasteiger partial charge in [0.25, 0.3) is 0 Å². The summed E-state index contributed by atoms with van der Waals surface area (Å²) in [6.45, 7) is 0.514. The molecule has 156 valence electrons. The lowest BCUT2D eigenvalue weighted by atomic mass is 9.87. The van der Waals surface area contributed by atoms with Gasteiger partial charge in [-0.25, -0.2) is 4.68 Å². The van der Waals surface area contributed by atoms with Crippen LogP contribution < -0.4 is 4.74 Å². The van der Waals surface area contributed by atoms with Gasteiger partial charge in [0, 0.05) is 12.6 Å². The number of carboxylic acids is 1. The maximum absolute atomic E-state index is 11.2. The van der Waals surface area contributed by atoms with Crippen LogP contribution in [0.15, 0.2) is 24.3 Å². The van der Waals surface area contributed by atoms with Crippen LogP contribution in [0.5, 0.6) is 5.75 Å². The quantitative estimate of drug-likeness (QED) is 0.758. The lowest BCUT2D eigenvalue weighted by molar-refractivity contribution is -0.143. The normalized spacial score (nSPS) is 22.7. The van der Waals surface area contributed by atoms with E-state index in [4.69, 9.17) is 9.47 Å². The summed E-state index contributed by atoms with van der Waals surface area (Å²) < 4.78 is 13.9. The molecule has 7 nitrogen and oxygen atoms in total. The molecule has 2 saturated carbocycles. The Balaban J connectivity index is 1.41. The van der Waals surface area contributed by atoms with E-state index in [0.29, 0.717) is 19.1 Å². The van der Waals surface area contributed by atoms with E-state index in [2.05, 4.69) is 10.3 Å². The molecule has 2 aliphatic carbocycles. The highest BCUT2D eigenvalue weighted by atomic mass is 16.5. The van der Waals surface area contributed by atoms with Gasteiger partial charge in [0.2, 0.25) is 0 Å². The van der Waals surface area contributed by atoms with Gasteiger partial charge in [0.15, 0.2) is 0 Å². The molecule has 0 spiro atoms. The highest BCUT2D eigenvalue weighted by Gasteiger charge is 2.28. The molecule has 29 heavy (non-hydrogen) atoms. The fourth-order valence-electron chi connectivity index (χ4n) is 4.37. The van der Waals surface area contributed by atoms with Crippen LogP contribution in [0.2, 0.25) is 0 Å². The monoisotopic (exact) mass is 399 g/mol. The van der Waals surface area contributed by atoms with Gasteiger partial charge in [-0.1, -0.05) is 18.1 Å². The van der Waals surface area contributed by atoms with Gasteiger partial charge in [-0.3, -0.25) is 4.79 Å². The lowest BCUT2D eigenvalue weighted by Gasteiger charge is -2.27. The van der Waals surface area contributed by atoms with E-state index in [1.807, 2.05) is 31.3 Å². The predicted molar refractivity (Wildman–Crippen MR) is 107 cm³/mol.